The Morgan fingerprint density at radius 2 is 2.03 bits per heavy atom. The normalized spacial score (nSPS) is 22.9. The Hall–Kier alpha value is -1.26. The molecule has 30 heavy (non-hydrogen) atoms. The van der Waals surface area contributed by atoms with Gasteiger partial charge in [-0.25, -0.2) is 0 Å². The van der Waals surface area contributed by atoms with Crippen LogP contribution in [0.4, 0.5) is 0 Å². The maximum atomic E-state index is 10.7. The lowest BCUT2D eigenvalue weighted by Gasteiger charge is -2.61. The van der Waals surface area contributed by atoms with Crippen LogP contribution in [-0.2, 0) is 4.74 Å². The molecule has 0 heterocycles. The molecule has 3 atom stereocenters. The zero-order valence-electron chi connectivity index (χ0n) is 18.4. The van der Waals surface area contributed by atoms with Crippen molar-refractivity contribution in [3.8, 4) is 11.5 Å². The monoisotopic (exact) mass is 533 g/mol. The van der Waals surface area contributed by atoms with E-state index in [1.54, 1.807) is 26.4 Å². The summed E-state index contributed by atoms with van der Waals surface area (Å²) in [4.78, 5) is 4.64. The fourth-order valence-corrected chi connectivity index (χ4v) is 4.50. The molecule has 0 radical (unpaired) electrons. The number of hydrogen-bond donors (Lipinski definition) is 3. The van der Waals surface area contributed by atoms with Crippen molar-refractivity contribution < 1.29 is 19.3 Å². The van der Waals surface area contributed by atoms with E-state index in [0.29, 0.717) is 29.2 Å². The van der Waals surface area contributed by atoms with Gasteiger partial charge in [-0.1, -0.05) is 6.42 Å². The molecule has 170 valence electrons. The minimum absolute atomic E-state index is 0. The third-order valence-corrected chi connectivity index (χ3v) is 6.31. The van der Waals surface area contributed by atoms with Gasteiger partial charge >= 0.3 is 0 Å². The maximum Gasteiger partial charge on any atom is 0.191 e. The molecule has 2 aliphatic carbocycles. The lowest BCUT2D eigenvalue weighted by molar-refractivity contribution is -0.168. The number of nitrogens with zero attached hydrogens (tertiary/aromatic N) is 1. The number of halogens is 1. The Morgan fingerprint density at radius 3 is 2.60 bits per heavy atom. The molecule has 1 aromatic rings. The van der Waals surface area contributed by atoms with Gasteiger partial charge in [0, 0.05) is 30.2 Å². The first-order valence-electron chi connectivity index (χ1n) is 10.6. The maximum absolute atomic E-state index is 10.7. The molecule has 2 fully saturated rings. The lowest BCUT2D eigenvalue weighted by atomic mass is 9.51. The third-order valence-electron chi connectivity index (χ3n) is 6.31. The van der Waals surface area contributed by atoms with E-state index >= 15 is 0 Å². The molecule has 1 aromatic carbocycles. The van der Waals surface area contributed by atoms with Crippen LogP contribution in [0.3, 0.4) is 0 Å². The van der Waals surface area contributed by atoms with E-state index < -0.39 is 6.10 Å². The van der Waals surface area contributed by atoms with Crippen LogP contribution in [0.25, 0.3) is 0 Å². The first-order chi connectivity index (χ1) is 14.1. The van der Waals surface area contributed by atoms with Crippen LogP contribution in [0, 0.1) is 5.41 Å². The standard InChI is InChI=1S/C22H35N3O4.HI/c1-5-23-21(25-19-13-20(29-6-2)22(19)10-7-11-22)24-14-17(26)16-12-15(27-3)8-9-18(16)28-4;/h8-9,12,17,19-20,26H,5-7,10-11,13-14H2,1-4H3,(H2,23,24,25);1H. The SMILES string of the molecule is CCNC(=NCC(O)c1cc(OC)ccc1OC)NC1CC(OCC)C12CCC2.I. The molecule has 8 heteroatoms. The molecule has 3 rings (SSSR count). The lowest BCUT2D eigenvalue weighted by Crippen LogP contribution is -2.68. The van der Waals surface area contributed by atoms with Crippen molar-refractivity contribution in [2.45, 2.75) is 57.8 Å². The summed E-state index contributed by atoms with van der Waals surface area (Å²) in [5.41, 5.74) is 0.919. The number of ether oxygens (including phenoxy) is 3. The van der Waals surface area contributed by atoms with Crippen LogP contribution in [0.15, 0.2) is 23.2 Å². The minimum atomic E-state index is -0.786. The molecule has 0 aliphatic heterocycles. The first-order valence-corrected chi connectivity index (χ1v) is 10.6. The molecule has 1 spiro atoms. The van der Waals surface area contributed by atoms with Gasteiger partial charge in [-0.15, -0.1) is 24.0 Å². The highest BCUT2D eigenvalue weighted by atomic mass is 127. The summed E-state index contributed by atoms with van der Waals surface area (Å²) >= 11 is 0. The Labute approximate surface area is 197 Å². The van der Waals surface area contributed by atoms with Gasteiger partial charge in [0.05, 0.1) is 26.9 Å². The van der Waals surface area contributed by atoms with E-state index in [9.17, 15) is 5.11 Å². The van der Waals surface area contributed by atoms with Crippen molar-refractivity contribution in [1.29, 1.82) is 0 Å². The predicted octanol–water partition coefficient (Wildman–Crippen LogP) is 3.26. The second kappa shape index (κ2) is 11.4. The summed E-state index contributed by atoms with van der Waals surface area (Å²) in [5, 5.41) is 17.6. The average Bonchev–Trinajstić information content (AvgIpc) is 2.69. The molecule has 7 nitrogen and oxygen atoms in total. The van der Waals surface area contributed by atoms with Gasteiger partial charge in [-0.3, -0.25) is 4.99 Å². The van der Waals surface area contributed by atoms with Gasteiger partial charge in [0.25, 0.3) is 0 Å². The quantitative estimate of drug-likeness (QED) is 0.257. The fraction of sp³-hybridized carbons (Fsp3) is 0.682. The number of aliphatic hydroxyl groups excluding tert-OH is 1. The molecule has 2 aliphatic rings. The van der Waals surface area contributed by atoms with E-state index in [1.807, 2.05) is 13.0 Å². The minimum Gasteiger partial charge on any atom is -0.497 e. The summed E-state index contributed by atoms with van der Waals surface area (Å²) in [7, 11) is 3.20. The van der Waals surface area contributed by atoms with Gasteiger partial charge in [-0.2, -0.15) is 0 Å². The van der Waals surface area contributed by atoms with Crippen molar-refractivity contribution in [3.63, 3.8) is 0 Å². The average molecular weight is 533 g/mol. The highest BCUT2D eigenvalue weighted by Gasteiger charge is 2.59. The fourth-order valence-electron chi connectivity index (χ4n) is 4.50. The van der Waals surface area contributed by atoms with E-state index in [4.69, 9.17) is 14.2 Å². The van der Waals surface area contributed by atoms with Crippen molar-refractivity contribution in [2.75, 3.05) is 33.9 Å². The summed E-state index contributed by atoms with van der Waals surface area (Å²) in [6.45, 7) is 5.86. The first kappa shape index (κ1) is 25.0. The Kier molecular flexibility index (Phi) is 9.49. The van der Waals surface area contributed by atoms with Gasteiger partial charge < -0.3 is 30.0 Å². The highest BCUT2D eigenvalue weighted by Crippen LogP contribution is 2.57. The highest BCUT2D eigenvalue weighted by molar-refractivity contribution is 14.0. The van der Waals surface area contributed by atoms with Gasteiger partial charge in [0.1, 0.15) is 17.6 Å². The number of aliphatic hydroxyl groups is 1. The topological polar surface area (TPSA) is 84.3 Å². The number of methoxy groups -OCH3 is 2. The Morgan fingerprint density at radius 1 is 1.27 bits per heavy atom. The van der Waals surface area contributed by atoms with Crippen molar-refractivity contribution >= 4 is 29.9 Å². The molecular weight excluding hydrogens is 497 g/mol. The van der Waals surface area contributed by atoms with Crippen LogP contribution < -0.4 is 20.1 Å². The predicted molar refractivity (Wildman–Crippen MR) is 129 cm³/mol. The number of benzene rings is 1. The second-order valence-electron chi connectivity index (χ2n) is 7.81. The van der Waals surface area contributed by atoms with Crippen molar-refractivity contribution in [3.05, 3.63) is 23.8 Å². The molecule has 2 saturated carbocycles. The third kappa shape index (κ3) is 5.13. The van der Waals surface area contributed by atoms with Crippen LogP contribution in [0.5, 0.6) is 11.5 Å². The van der Waals surface area contributed by atoms with Gasteiger partial charge in [-0.05, 0) is 51.3 Å². The van der Waals surface area contributed by atoms with Gasteiger partial charge in [0.15, 0.2) is 5.96 Å². The number of rotatable bonds is 9. The number of hydrogen-bond acceptors (Lipinski definition) is 5. The van der Waals surface area contributed by atoms with Crippen LogP contribution in [0.1, 0.15) is 51.2 Å². The van der Waals surface area contributed by atoms with Crippen molar-refractivity contribution in [2.24, 2.45) is 10.4 Å². The second-order valence-corrected chi connectivity index (χ2v) is 7.81. The molecule has 0 aromatic heterocycles. The largest absolute Gasteiger partial charge is 0.497 e. The Balaban J connectivity index is 0.00000320. The number of aliphatic imine (C=N–C) groups is 1. The summed E-state index contributed by atoms with van der Waals surface area (Å²) in [6.07, 6.45) is 4.25. The smallest absolute Gasteiger partial charge is 0.191 e. The van der Waals surface area contributed by atoms with Gasteiger partial charge in [0.2, 0.25) is 0 Å². The van der Waals surface area contributed by atoms with E-state index in [1.165, 1.54) is 19.3 Å². The van der Waals surface area contributed by atoms with Crippen LogP contribution in [0.2, 0.25) is 0 Å². The molecule has 0 bridgehead atoms. The number of nitrogens with one attached hydrogen (secondary N) is 2. The molecule has 0 saturated heterocycles. The van der Waals surface area contributed by atoms with Crippen LogP contribution in [-0.4, -0.2) is 57.1 Å². The van der Waals surface area contributed by atoms with E-state index in [0.717, 1.165) is 25.5 Å². The zero-order valence-corrected chi connectivity index (χ0v) is 20.8. The molecule has 3 unspecified atom stereocenters. The summed E-state index contributed by atoms with van der Waals surface area (Å²) < 4.78 is 16.6. The van der Waals surface area contributed by atoms with Crippen molar-refractivity contribution in [1.82, 2.24) is 10.6 Å². The molecule has 0 amide bonds. The molecule has 3 N–H and O–H groups in total. The van der Waals surface area contributed by atoms with Crippen LogP contribution >= 0.6 is 24.0 Å². The Bertz CT molecular complexity index is 712. The van der Waals surface area contributed by atoms with E-state index in [-0.39, 0.29) is 35.9 Å². The molecular formula is C22H36IN3O4. The number of guanidine groups is 1. The summed E-state index contributed by atoms with van der Waals surface area (Å²) in [6, 6.07) is 5.77. The zero-order chi connectivity index (χ0) is 20.9. The summed E-state index contributed by atoms with van der Waals surface area (Å²) in [5.74, 6) is 2.04. The van der Waals surface area contributed by atoms with E-state index in [2.05, 4.69) is 22.5 Å².